The van der Waals surface area contributed by atoms with Crippen molar-refractivity contribution in [2.45, 2.75) is 26.3 Å². The Balaban J connectivity index is 1.94. The summed E-state index contributed by atoms with van der Waals surface area (Å²) < 4.78 is 5.30. The van der Waals surface area contributed by atoms with Crippen molar-refractivity contribution < 1.29 is 14.3 Å². The lowest BCUT2D eigenvalue weighted by Gasteiger charge is -2.29. The number of amides is 3. The molecule has 6 nitrogen and oxygen atoms in total. The Morgan fingerprint density at radius 3 is 2.52 bits per heavy atom. The smallest absolute Gasteiger partial charge is 0.319 e. The molecule has 0 bridgehead atoms. The SMILES string of the molecule is CCc1ccc([C@H]2NC(=O)NC(C)=C2C(=O)Nc2ccccc2OC)cc1. The molecule has 140 valence electrons. The molecule has 1 atom stereocenters. The summed E-state index contributed by atoms with van der Waals surface area (Å²) in [5.74, 6) is 0.273. The number of carbonyl (C=O) groups is 2. The number of methoxy groups -OCH3 is 1. The van der Waals surface area contributed by atoms with E-state index in [0.29, 0.717) is 22.7 Å². The van der Waals surface area contributed by atoms with Gasteiger partial charge in [-0.3, -0.25) is 4.79 Å². The largest absolute Gasteiger partial charge is 0.495 e. The van der Waals surface area contributed by atoms with E-state index in [1.807, 2.05) is 36.4 Å². The zero-order chi connectivity index (χ0) is 19.4. The van der Waals surface area contributed by atoms with E-state index < -0.39 is 6.04 Å². The van der Waals surface area contributed by atoms with E-state index in [4.69, 9.17) is 4.74 Å². The van der Waals surface area contributed by atoms with Crippen molar-refractivity contribution in [1.82, 2.24) is 10.6 Å². The summed E-state index contributed by atoms with van der Waals surface area (Å²) in [4.78, 5) is 25.0. The quantitative estimate of drug-likeness (QED) is 0.758. The lowest BCUT2D eigenvalue weighted by atomic mass is 9.94. The van der Waals surface area contributed by atoms with Crippen LogP contribution in [-0.2, 0) is 11.2 Å². The van der Waals surface area contributed by atoms with Gasteiger partial charge >= 0.3 is 6.03 Å². The van der Waals surface area contributed by atoms with Gasteiger partial charge in [-0.05, 0) is 36.6 Å². The number of allylic oxidation sites excluding steroid dienone is 1. The van der Waals surface area contributed by atoms with E-state index in [0.717, 1.165) is 12.0 Å². The molecular formula is C21H23N3O3. The number of aryl methyl sites for hydroxylation is 1. The van der Waals surface area contributed by atoms with Crippen molar-refractivity contribution in [3.63, 3.8) is 0 Å². The van der Waals surface area contributed by atoms with Gasteiger partial charge in [0.05, 0.1) is 24.4 Å². The minimum atomic E-state index is -0.528. The molecule has 0 aromatic heterocycles. The molecule has 3 rings (SSSR count). The van der Waals surface area contributed by atoms with Crippen LogP contribution in [0, 0.1) is 0 Å². The minimum Gasteiger partial charge on any atom is -0.495 e. The molecule has 1 aliphatic heterocycles. The molecule has 2 aromatic rings. The molecule has 0 saturated heterocycles. The summed E-state index contributed by atoms with van der Waals surface area (Å²) in [6.45, 7) is 3.81. The number of para-hydroxylation sites is 2. The number of ether oxygens (including phenoxy) is 1. The molecule has 0 radical (unpaired) electrons. The average molecular weight is 365 g/mol. The summed E-state index contributed by atoms with van der Waals surface area (Å²) in [6, 6.07) is 14.2. The molecule has 6 heteroatoms. The number of hydrogen-bond acceptors (Lipinski definition) is 3. The summed E-state index contributed by atoms with van der Waals surface area (Å²) in [7, 11) is 1.55. The fourth-order valence-electron chi connectivity index (χ4n) is 3.13. The number of carbonyl (C=O) groups excluding carboxylic acids is 2. The first-order valence-corrected chi connectivity index (χ1v) is 8.85. The normalized spacial score (nSPS) is 16.4. The summed E-state index contributed by atoms with van der Waals surface area (Å²) in [6.07, 6.45) is 0.925. The Morgan fingerprint density at radius 2 is 1.85 bits per heavy atom. The van der Waals surface area contributed by atoms with E-state index in [1.165, 1.54) is 5.56 Å². The highest BCUT2D eigenvalue weighted by Gasteiger charge is 2.31. The van der Waals surface area contributed by atoms with E-state index in [-0.39, 0.29) is 11.9 Å². The standard InChI is InChI=1S/C21H23N3O3/c1-4-14-9-11-15(12-10-14)19-18(13(2)22-21(26)24-19)20(25)23-16-7-5-6-8-17(16)27-3/h5-12,19H,4H2,1-3H3,(H,23,25)(H2,22,24,26)/t19-/m1/s1. The van der Waals surface area contributed by atoms with Gasteiger partial charge in [-0.15, -0.1) is 0 Å². The molecule has 3 N–H and O–H groups in total. The van der Waals surface area contributed by atoms with Crippen molar-refractivity contribution in [2.75, 3.05) is 12.4 Å². The second-order valence-electron chi connectivity index (χ2n) is 6.32. The van der Waals surface area contributed by atoms with E-state index >= 15 is 0 Å². The highest BCUT2D eigenvalue weighted by atomic mass is 16.5. The molecule has 1 aliphatic rings. The zero-order valence-corrected chi connectivity index (χ0v) is 15.6. The molecule has 27 heavy (non-hydrogen) atoms. The van der Waals surface area contributed by atoms with Crippen LogP contribution in [0.2, 0.25) is 0 Å². The van der Waals surface area contributed by atoms with Crippen LogP contribution in [0.5, 0.6) is 5.75 Å². The van der Waals surface area contributed by atoms with Crippen LogP contribution in [0.4, 0.5) is 10.5 Å². The molecule has 3 amide bonds. The molecule has 1 heterocycles. The molecule has 0 spiro atoms. The fourth-order valence-corrected chi connectivity index (χ4v) is 3.13. The van der Waals surface area contributed by atoms with Crippen molar-refractivity contribution in [1.29, 1.82) is 0 Å². The third kappa shape index (κ3) is 3.95. The van der Waals surface area contributed by atoms with Gasteiger partial charge in [0.2, 0.25) is 0 Å². The fraction of sp³-hybridized carbons (Fsp3) is 0.238. The number of benzene rings is 2. The Kier molecular flexibility index (Phi) is 5.45. The van der Waals surface area contributed by atoms with E-state index in [2.05, 4.69) is 22.9 Å². The number of urea groups is 1. The summed E-state index contributed by atoms with van der Waals surface area (Å²) >= 11 is 0. The highest BCUT2D eigenvalue weighted by molar-refractivity contribution is 6.07. The van der Waals surface area contributed by atoms with E-state index in [9.17, 15) is 9.59 Å². The number of rotatable bonds is 5. The van der Waals surface area contributed by atoms with Gasteiger partial charge in [0.15, 0.2) is 0 Å². The molecule has 0 saturated carbocycles. The van der Waals surface area contributed by atoms with Crippen molar-refractivity contribution >= 4 is 17.6 Å². The predicted molar refractivity (Wildman–Crippen MR) is 105 cm³/mol. The molecule has 2 aromatic carbocycles. The van der Waals surface area contributed by atoms with Crippen molar-refractivity contribution in [3.05, 3.63) is 70.9 Å². The van der Waals surface area contributed by atoms with Crippen LogP contribution in [0.15, 0.2) is 59.8 Å². The Bertz CT molecular complexity index is 888. The first-order chi connectivity index (χ1) is 13.0. The van der Waals surface area contributed by atoms with Crippen LogP contribution in [0.1, 0.15) is 31.0 Å². The average Bonchev–Trinajstić information content (AvgIpc) is 2.67. The maximum atomic E-state index is 13.0. The molecule has 0 fully saturated rings. The van der Waals surface area contributed by atoms with Gasteiger partial charge < -0.3 is 20.7 Å². The first-order valence-electron chi connectivity index (χ1n) is 8.85. The molecule has 0 unspecified atom stereocenters. The van der Waals surface area contributed by atoms with Crippen LogP contribution in [0.25, 0.3) is 0 Å². The third-order valence-electron chi connectivity index (χ3n) is 4.59. The van der Waals surface area contributed by atoms with Gasteiger partial charge in [0.25, 0.3) is 5.91 Å². The zero-order valence-electron chi connectivity index (χ0n) is 15.6. The number of hydrogen-bond donors (Lipinski definition) is 3. The minimum absolute atomic E-state index is 0.297. The van der Waals surface area contributed by atoms with Crippen LogP contribution < -0.4 is 20.7 Å². The lowest BCUT2D eigenvalue weighted by Crippen LogP contribution is -2.46. The van der Waals surface area contributed by atoms with E-state index in [1.54, 1.807) is 26.2 Å². The second-order valence-corrected chi connectivity index (χ2v) is 6.32. The highest BCUT2D eigenvalue weighted by Crippen LogP contribution is 2.30. The van der Waals surface area contributed by atoms with Gasteiger partial charge in [0.1, 0.15) is 5.75 Å². The van der Waals surface area contributed by atoms with Gasteiger partial charge in [-0.2, -0.15) is 0 Å². The van der Waals surface area contributed by atoms with Gasteiger partial charge in [-0.1, -0.05) is 43.3 Å². The predicted octanol–water partition coefficient (Wildman–Crippen LogP) is 3.52. The third-order valence-corrected chi connectivity index (χ3v) is 4.59. The summed E-state index contributed by atoms with van der Waals surface area (Å²) in [5.41, 5.74) is 3.61. The molecule has 0 aliphatic carbocycles. The maximum Gasteiger partial charge on any atom is 0.319 e. The summed E-state index contributed by atoms with van der Waals surface area (Å²) in [5, 5.41) is 8.42. The van der Waals surface area contributed by atoms with Crippen molar-refractivity contribution in [3.8, 4) is 5.75 Å². The number of anilines is 1. The van der Waals surface area contributed by atoms with Gasteiger partial charge in [0, 0.05) is 5.70 Å². The van der Waals surface area contributed by atoms with Crippen LogP contribution in [0.3, 0.4) is 0 Å². The van der Waals surface area contributed by atoms with Crippen LogP contribution >= 0.6 is 0 Å². The second kappa shape index (κ2) is 7.95. The number of nitrogens with one attached hydrogen (secondary N) is 3. The van der Waals surface area contributed by atoms with Crippen LogP contribution in [-0.4, -0.2) is 19.0 Å². The first kappa shape index (κ1) is 18.5. The topological polar surface area (TPSA) is 79.5 Å². The monoisotopic (exact) mass is 365 g/mol. The lowest BCUT2D eigenvalue weighted by molar-refractivity contribution is -0.113. The Hall–Kier alpha value is -3.28. The Morgan fingerprint density at radius 1 is 1.15 bits per heavy atom. The molecular weight excluding hydrogens is 342 g/mol. The van der Waals surface area contributed by atoms with Crippen molar-refractivity contribution in [2.24, 2.45) is 0 Å². The Labute approximate surface area is 158 Å². The maximum absolute atomic E-state index is 13.0. The van der Waals surface area contributed by atoms with Gasteiger partial charge in [-0.25, -0.2) is 4.79 Å².